The predicted molar refractivity (Wildman–Crippen MR) is 87.0 cm³/mol. The van der Waals surface area contributed by atoms with Crippen LogP contribution in [0.4, 0.5) is 0 Å². The molecule has 4 nitrogen and oxygen atoms in total. The fraction of sp³-hybridized carbons (Fsp3) is 0.941. The summed E-state index contributed by atoms with van der Waals surface area (Å²) in [5, 5.41) is 3.61. The van der Waals surface area contributed by atoms with Crippen LogP contribution in [0, 0.1) is 11.8 Å². The van der Waals surface area contributed by atoms with Crippen molar-refractivity contribution < 1.29 is 4.79 Å². The van der Waals surface area contributed by atoms with E-state index in [2.05, 4.69) is 56.9 Å². The minimum atomic E-state index is 0.00156. The first-order valence-corrected chi connectivity index (χ1v) is 8.56. The Hall–Kier alpha value is -0.610. The van der Waals surface area contributed by atoms with Gasteiger partial charge in [-0.3, -0.25) is 10.1 Å². The van der Waals surface area contributed by atoms with Crippen LogP contribution in [0.5, 0.6) is 0 Å². The number of nitrogens with zero attached hydrogens (tertiary/aromatic N) is 2. The minimum Gasteiger partial charge on any atom is -0.324 e. The van der Waals surface area contributed by atoms with Crippen LogP contribution in [0.15, 0.2) is 0 Å². The Labute approximate surface area is 130 Å². The van der Waals surface area contributed by atoms with Gasteiger partial charge in [-0.1, -0.05) is 34.1 Å². The Bertz CT molecular complexity index is 376. The first-order valence-electron chi connectivity index (χ1n) is 8.56. The van der Waals surface area contributed by atoms with Crippen molar-refractivity contribution in [2.24, 2.45) is 11.8 Å². The van der Waals surface area contributed by atoms with E-state index >= 15 is 0 Å². The van der Waals surface area contributed by atoms with Gasteiger partial charge >= 0.3 is 0 Å². The first kappa shape index (κ1) is 16.8. The fourth-order valence-electron chi connectivity index (χ4n) is 3.68. The van der Waals surface area contributed by atoms with E-state index in [4.69, 9.17) is 0 Å². The van der Waals surface area contributed by atoms with E-state index in [-0.39, 0.29) is 17.7 Å². The molecule has 0 radical (unpaired) electrons. The number of carbonyl (C=O) groups excluding carboxylic acids is 1. The summed E-state index contributed by atoms with van der Waals surface area (Å²) in [6, 6.07) is 0.00156. The van der Waals surface area contributed by atoms with E-state index in [0.717, 1.165) is 13.0 Å². The maximum Gasteiger partial charge on any atom is 0.241 e. The molecule has 0 bridgehead atoms. The molecule has 1 saturated carbocycles. The van der Waals surface area contributed by atoms with Crippen molar-refractivity contribution in [3.63, 3.8) is 0 Å². The summed E-state index contributed by atoms with van der Waals surface area (Å²) in [5.41, 5.74) is 0.203. The molecule has 2 rings (SSSR count). The van der Waals surface area contributed by atoms with Gasteiger partial charge in [-0.15, -0.1) is 0 Å². The number of nitrogens with one attached hydrogen (secondary N) is 1. The van der Waals surface area contributed by atoms with E-state index in [9.17, 15) is 4.79 Å². The minimum absolute atomic E-state index is 0.00156. The molecule has 3 unspecified atom stereocenters. The molecule has 4 heteroatoms. The largest absolute Gasteiger partial charge is 0.324 e. The molecule has 1 N–H and O–H groups in total. The summed E-state index contributed by atoms with van der Waals surface area (Å²) < 4.78 is 0. The highest BCUT2D eigenvalue weighted by molar-refractivity contribution is 5.84. The Morgan fingerprint density at radius 2 is 1.95 bits per heavy atom. The Morgan fingerprint density at radius 1 is 1.33 bits per heavy atom. The molecule has 0 aromatic carbocycles. The average Bonchev–Trinajstić information content (AvgIpc) is 2.70. The van der Waals surface area contributed by atoms with Crippen molar-refractivity contribution in [3.8, 4) is 0 Å². The standard InChI is InChI=1S/C17H33N3O/c1-7-13(4)14-16(21)20(15(18-14)12(2)3)11-17(19(5)6)9-8-10-17/h12-15,18H,7-11H2,1-6H3. The summed E-state index contributed by atoms with van der Waals surface area (Å²) in [4.78, 5) is 17.4. The number of rotatable bonds is 6. The third kappa shape index (κ3) is 2.98. The van der Waals surface area contributed by atoms with Crippen molar-refractivity contribution >= 4 is 5.91 Å². The number of hydrogen-bond acceptors (Lipinski definition) is 3. The molecule has 0 spiro atoms. The SMILES string of the molecule is CCC(C)C1NC(C(C)C)N(CC2(N(C)C)CCC2)C1=O. The zero-order chi connectivity index (χ0) is 15.8. The second-order valence-corrected chi connectivity index (χ2v) is 7.66. The maximum atomic E-state index is 12.9. The van der Waals surface area contributed by atoms with E-state index in [1.165, 1.54) is 19.3 Å². The topological polar surface area (TPSA) is 35.6 Å². The Morgan fingerprint density at radius 3 is 2.33 bits per heavy atom. The number of carbonyl (C=O) groups is 1. The highest BCUT2D eigenvalue weighted by Crippen LogP contribution is 2.38. The molecule has 1 saturated heterocycles. The molecule has 0 aromatic rings. The van der Waals surface area contributed by atoms with Gasteiger partial charge in [0.2, 0.25) is 5.91 Å². The van der Waals surface area contributed by atoms with Gasteiger partial charge in [-0.2, -0.15) is 0 Å². The first-order chi connectivity index (χ1) is 9.82. The van der Waals surface area contributed by atoms with Gasteiger partial charge in [0.1, 0.15) is 0 Å². The highest BCUT2D eigenvalue weighted by Gasteiger charge is 2.48. The lowest BCUT2D eigenvalue weighted by Gasteiger charge is -2.50. The zero-order valence-corrected chi connectivity index (χ0v) is 14.6. The average molecular weight is 295 g/mol. The van der Waals surface area contributed by atoms with Gasteiger partial charge in [-0.25, -0.2) is 0 Å². The van der Waals surface area contributed by atoms with Gasteiger partial charge in [0.25, 0.3) is 0 Å². The van der Waals surface area contributed by atoms with E-state index < -0.39 is 0 Å². The van der Waals surface area contributed by atoms with Crippen molar-refractivity contribution in [2.45, 2.75) is 71.1 Å². The molecule has 2 fully saturated rings. The number of likely N-dealkylation sites (N-methyl/N-ethyl adjacent to an activating group) is 1. The Balaban J connectivity index is 2.17. The van der Waals surface area contributed by atoms with Crippen LogP contribution in [0.3, 0.4) is 0 Å². The normalized spacial score (nSPS) is 30.1. The molecule has 1 heterocycles. The van der Waals surface area contributed by atoms with Crippen LogP contribution in [-0.2, 0) is 4.79 Å². The molecule has 0 aromatic heterocycles. The zero-order valence-electron chi connectivity index (χ0n) is 14.6. The van der Waals surface area contributed by atoms with Crippen molar-refractivity contribution in [2.75, 3.05) is 20.6 Å². The number of amides is 1. The van der Waals surface area contributed by atoms with Gasteiger partial charge in [-0.05, 0) is 45.2 Å². The van der Waals surface area contributed by atoms with Crippen molar-refractivity contribution in [1.29, 1.82) is 0 Å². The van der Waals surface area contributed by atoms with Crippen LogP contribution >= 0.6 is 0 Å². The molecule has 1 aliphatic carbocycles. The van der Waals surface area contributed by atoms with E-state index in [0.29, 0.717) is 17.7 Å². The lowest BCUT2D eigenvalue weighted by molar-refractivity contribution is -0.134. The monoisotopic (exact) mass is 295 g/mol. The Kier molecular flexibility index (Phi) is 4.99. The third-order valence-corrected chi connectivity index (χ3v) is 5.78. The molecule has 1 aliphatic heterocycles. The van der Waals surface area contributed by atoms with E-state index in [1.54, 1.807) is 0 Å². The smallest absolute Gasteiger partial charge is 0.241 e. The van der Waals surface area contributed by atoms with Crippen LogP contribution < -0.4 is 5.32 Å². The van der Waals surface area contributed by atoms with Crippen molar-refractivity contribution in [3.05, 3.63) is 0 Å². The van der Waals surface area contributed by atoms with Crippen molar-refractivity contribution in [1.82, 2.24) is 15.1 Å². The summed E-state index contributed by atoms with van der Waals surface area (Å²) in [6.45, 7) is 9.64. The van der Waals surface area contributed by atoms with Crippen LogP contribution in [-0.4, -0.2) is 54.1 Å². The second-order valence-electron chi connectivity index (χ2n) is 7.66. The summed E-state index contributed by atoms with van der Waals surface area (Å²) in [6.07, 6.45) is 4.94. The predicted octanol–water partition coefficient (Wildman–Crippen LogP) is 2.30. The molecule has 1 amide bonds. The second kappa shape index (κ2) is 6.25. The van der Waals surface area contributed by atoms with Gasteiger partial charge < -0.3 is 9.80 Å². The molecule has 3 atom stereocenters. The van der Waals surface area contributed by atoms with Crippen LogP contribution in [0.25, 0.3) is 0 Å². The van der Waals surface area contributed by atoms with Gasteiger partial charge in [0, 0.05) is 12.1 Å². The highest BCUT2D eigenvalue weighted by atomic mass is 16.2. The third-order valence-electron chi connectivity index (χ3n) is 5.78. The molecule has 21 heavy (non-hydrogen) atoms. The quantitative estimate of drug-likeness (QED) is 0.817. The number of hydrogen-bond donors (Lipinski definition) is 1. The molecular weight excluding hydrogens is 262 g/mol. The van der Waals surface area contributed by atoms with Gasteiger partial charge in [0.15, 0.2) is 0 Å². The maximum absolute atomic E-state index is 12.9. The van der Waals surface area contributed by atoms with Gasteiger partial charge in [0.05, 0.1) is 12.2 Å². The summed E-state index contributed by atoms with van der Waals surface area (Å²) >= 11 is 0. The van der Waals surface area contributed by atoms with Crippen LogP contribution in [0.2, 0.25) is 0 Å². The summed E-state index contributed by atoms with van der Waals surface area (Å²) in [5.74, 6) is 1.17. The summed E-state index contributed by atoms with van der Waals surface area (Å²) in [7, 11) is 4.31. The lowest BCUT2D eigenvalue weighted by atomic mass is 9.75. The van der Waals surface area contributed by atoms with Crippen LogP contribution in [0.1, 0.15) is 53.4 Å². The molecular formula is C17H33N3O. The lowest BCUT2D eigenvalue weighted by Crippen LogP contribution is -2.59. The fourth-order valence-corrected chi connectivity index (χ4v) is 3.68. The van der Waals surface area contributed by atoms with E-state index in [1.807, 2.05) is 0 Å². The molecule has 2 aliphatic rings. The molecule has 122 valence electrons.